The first-order chi connectivity index (χ1) is 10.7. The number of piperidine rings is 1. The van der Waals surface area contributed by atoms with Crippen LogP contribution >= 0.6 is 0 Å². The van der Waals surface area contributed by atoms with E-state index in [0.717, 1.165) is 38.0 Å². The molecule has 2 aliphatic rings. The molecule has 5 heteroatoms. The Kier molecular flexibility index (Phi) is 4.62. The molecular weight excluding hydrogens is 283 g/mol. The number of nitrogens with zero attached hydrogens (tertiary/aromatic N) is 2. The zero-order valence-electron chi connectivity index (χ0n) is 13.1. The highest BCUT2D eigenvalue weighted by Crippen LogP contribution is 2.24. The molecule has 1 atom stereocenters. The van der Waals surface area contributed by atoms with E-state index in [1.807, 2.05) is 11.0 Å². The molecule has 2 heterocycles. The lowest BCUT2D eigenvalue weighted by molar-refractivity contribution is -0.140. The fourth-order valence-electron chi connectivity index (χ4n) is 3.50. The Morgan fingerprint density at radius 2 is 2.00 bits per heavy atom. The molecule has 2 aliphatic heterocycles. The van der Waals surface area contributed by atoms with Crippen LogP contribution in [0.3, 0.4) is 0 Å². The van der Waals surface area contributed by atoms with Crippen LogP contribution in [0.1, 0.15) is 31.2 Å². The number of carbonyl (C=O) groups excluding carboxylic acids is 1. The molecule has 1 unspecified atom stereocenters. The van der Waals surface area contributed by atoms with E-state index in [1.54, 1.807) is 6.07 Å². The fraction of sp³-hybridized carbons (Fsp3) is 0.588. The summed E-state index contributed by atoms with van der Waals surface area (Å²) < 4.78 is 18.7. The zero-order valence-corrected chi connectivity index (χ0v) is 13.1. The van der Waals surface area contributed by atoms with Gasteiger partial charge in [-0.3, -0.25) is 9.69 Å². The first kappa shape index (κ1) is 15.3. The highest BCUT2D eigenvalue weighted by Gasteiger charge is 2.34. The number of hydrogen-bond donors (Lipinski definition) is 0. The lowest BCUT2D eigenvalue weighted by Crippen LogP contribution is -2.51. The van der Waals surface area contributed by atoms with Crippen molar-refractivity contribution in [3.8, 4) is 5.75 Å². The average molecular weight is 306 g/mol. The summed E-state index contributed by atoms with van der Waals surface area (Å²) in [6.45, 7) is 3.30. The molecule has 1 amide bonds. The van der Waals surface area contributed by atoms with E-state index in [1.165, 1.54) is 26.0 Å². The van der Waals surface area contributed by atoms with Gasteiger partial charge in [-0.1, -0.05) is 6.07 Å². The summed E-state index contributed by atoms with van der Waals surface area (Å²) in [5, 5.41) is 0. The van der Waals surface area contributed by atoms with Crippen LogP contribution in [0.5, 0.6) is 5.75 Å². The minimum Gasteiger partial charge on any atom is -0.494 e. The molecule has 4 nitrogen and oxygen atoms in total. The topological polar surface area (TPSA) is 32.8 Å². The van der Waals surface area contributed by atoms with E-state index in [2.05, 4.69) is 4.90 Å². The molecule has 120 valence electrons. The number of benzene rings is 1. The smallest absolute Gasteiger partial charge is 0.240 e. The SMILES string of the molecule is COc1ccc(CN2CCCC(N3CCCC3)C2=O)cc1F. The highest BCUT2D eigenvalue weighted by molar-refractivity contribution is 5.82. The summed E-state index contributed by atoms with van der Waals surface area (Å²) in [4.78, 5) is 16.9. The van der Waals surface area contributed by atoms with E-state index < -0.39 is 0 Å². The number of ether oxygens (including phenoxy) is 1. The molecule has 22 heavy (non-hydrogen) atoms. The summed E-state index contributed by atoms with van der Waals surface area (Å²) >= 11 is 0. The molecule has 1 aromatic rings. The normalized spacial score (nSPS) is 23.1. The van der Waals surface area contributed by atoms with Gasteiger partial charge in [-0.2, -0.15) is 0 Å². The Morgan fingerprint density at radius 1 is 1.23 bits per heavy atom. The van der Waals surface area contributed by atoms with Gasteiger partial charge in [-0.15, -0.1) is 0 Å². The third kappa shape index (κ3) is 3.09. The van der Waals surface area contributed by atoms with Gasteiger partial charge in [0.2, 0.25) is 5.91 Å². The van der Waals surface area contributed by atoms with Crippen molar-refractivity contribution in [2.24, 2.45) is 0 Å². The van der Waals surface area contributed by atoms with Crippen LogP contribution in [0.15, 0.2) is 18.2 Å². The number of carbonyl (C=O) groups is 1. The number of methoxy groups -OCH3 is 1. The Hall–Kier alpha value is -1.62. The molecule has 0 N–H and O–H groups in total. The van der Waals surface area contributed by atoms with Gasteiger partial charge in [0.05, 0.1) is 13.2 Å². The predicted octanol–water partition coefficient (Wildman–Crippen LogP) is 2.42. The zero-order chi connectivity index (χ0) is 15.5. The predicted molar refractivity (Wildman–Crippen MR) is 82.2 cm³/mol. The van der Waals surface area contributed by atoms with Crippen LogP contribution in [0.25, 0.3) is 0 Å². The molecule has 2 fully saturated rings. The largest absolute Gasteiger partial charge is 0.494 e. The third-order valence-corrected chi connectivity index (χ3v) is 4.67. The molecule has 2 saturated heterocycles. The van der Waals surface area contributed by atoms with Gasteiger partial charge < -0.3 is 9.64 Å². The summed E-state index contributed by atoms with van der Waals surface area (Å²) in [6, 6.07) is 4.94. The Balaban J connectivity index is 1.68. The van der Waals surface area contributed by atoms with Gasteiger partial charge in [0.15, 0.2) is 11.6 Å². The first-order valence-corrected chi connectivity index (χ1v) is 8.04. The van der Waals surface area contributed by atoms with Crippen LogP contribution in [0.2, 0.25) is 0 Å². The number of hydrogen-bond acceptors (Lipinski definition) is 3. The second-order valence-corrected chi connectivity index (χ2v) is 6.13. The van der Waals surface area contributed by atoms with Gasteiger partial charge >= 0.3 is 0 Å². The number of rotatable bonds is 4. The second kappa shape index (κ2) is 6.65. The van der Waals surface area contributed by atoms with Gasteiger partial charge in [0.25, 0.3) is 0 Å². The van der Waals surface area contributed by atoms with Crippen molar-refractivity contribution in [2.75, 3.05) is 26.7 Å². The quantitative estimate of drug-likeness (QED) is 0.856. The van der Waals surface area contributed by atoms with E-state index in [9.17, 15) is 9.18 Å². The van der Waals surface area contributed by atoms with E-state index in [0.29, 0.717) is 6.54 Å². The standard InChI is InChI=1S/C17H23FN2O2/c1-22-16-7-6-13(11-14(16)18)12-20-10-4-5-15(17(20)21)19-8-2-3-9-19/h6-7,11,15H,2-5,8-10,12H2,1H3. The number of likely N-dealkylation sites (tertiary alicyclic amines) is 2. The molecular formula is C17H23FN2O2. The van der Waals surface area contributed by atoms with E-state index >= 15 is 0 Å². The second-order valence-electron chi connectivity index (χ2n) is 6.13. The average Bonchev–Trinajstić information content (AvgIpc) is 3.04. The number of halogens is 1. The van der Waals surface area contributed by atoms with Gasteiger partial charge in [0, 0.05) is 13.1 Å². The molecule has 0 saturated carbocycles. The Labute approximate surface area is 130 Å². The van der Waals surface area contributed by atoms with Crippen LogP contribution in [0.4, 0.5) is 4.39 Å². The van der Waals surface area contributed by atoms with Crippen LogP contribution in [-0.4, -0.2) is 48.5 Å². The molecule has 1 aromatic carbocycles. The van der Waals surface area contributed by atoms with Gasteiger partial charge in [-0.05, 0) is 56.5 Å². The summed E-state index contributed by atoms with van der Waals surface area (Å²) in [5.41, 5.74) is 0.814. The van der Waals surface area contributed by atoms with Gasteiger partial charge in [-0.25, -0.2) is 4.39 Å². The summed E-state index contributed by atoms with van der Waals surface area (Å²) in [6.07, 6.45) is 4.35. The maximum atomic E-state index is 13.8. The van der Waals surface area contributed by atoms with Crippen molar-refractivity contribution in [1.29, 1.82) is 0 Å². The van der Waals surface area contributed by atoms with Crippen LogP contribution < -0.4 is 4.74 Å². The lowest BCUT2D eigenvalue weighted by atomic mass is 10.0. The monoisotopic (exact) mass is 306 g/mol. The minimum atomic E-state index is -0.374. The van der Waals surface area contributed by atoms with Crippen molar-refractivity contribution < 1.29 is 13.9 Å². The maximum absolute atomic E-state index is 13.8. The van der Waals surface area contributed by atoms with Crippen molar-refractivity contribution >= 4 is 5.91 Å². The minimum absolute atomic E-state index is 0.0272. The molecule has 0 spiro atoms. The van der Waals surface area contributed by atoms with Crippen LogP contribution in [-0.2, 0) is 11.3 Å². The Morgan fingerprint density at radius 3 is 2.68 bits per heavy atom. The lowest BCUT2D eigenvalue weighted by Gasteiger charge is -2.36. The van der Waals surface area contributed by atoms with E-state index in [4.69, 9.17) is 4.74 Å². The maximum Gasteiger partial charge on any atom is 0.240 e. The van der Waals surface area contributed by atoms with Crippen molar-refractivity contribution in [1.82, 2.24) is 9.80 Å². The van der Waals surface area contributed by atoms with Crippen molar-refractivity contribution in [2.45, 2.75) is 38.3 Å². The summed E-state index contributed by atoms with van der Waals surface area (Å²) in [7, 11) is 1.45. The molecule has 0 aromatic heterocycles. The molecule has 0 bridgehead atoms. The van der Waals surface area contributed by atoms with E-state index in [-0.39, 0.29) is 23.5 Å². The third-order valence-electron chi connectivity index (χ3n) is 4.67. The highest BCUT2D eigenvalue weighted by atomic mass is 19.1. The van der Waals surface area contributed by atoms with Crippen LogP contribution in [0, 0.1) is 5.82 Å². The molecule has 0 radical (unpaired) electrons. The fourth-order valence-corrected chi connectivity index (χ4v) is 3.50. The van der Waals surface area contributed by atoms with Crippen molar-refractivity contribution in [3.05, 3.63) is 29.6 Å². The number of amides is 1. The molecule has 3 rings (SSSR count). The Bertz CT molecular complexity index is 543. The van der Waals surface area contributed by atoms with Crippen molar-refractivity contribution in [3.63, 3.8) is 0 Å². The summed E-state index contributed by atoms with van der Waals surface area (Å²) in [5.74, 6) is 0.0635. The first-order valence-electron chi connectivity index (χ1n) is 8.04. The van der Waals surface area contributed by atoms with Gasteiger partial charge in [0.1, 0.15) is 0 Å². The molecule has 0 aliphatic carbocycles.